The number of allylic oxidation sites excluding steroid dienone is 4. The molecule has 0 saturated heterocycles. The summed E-state index contributed by atoms with van der Waals surface area (Å²) in [5, 5.41) is 19.9. The number of aromatic hydroxyl groups is 1. The molecule has 142 valence electrons. The van der Waals surface area contributed by atoms with E-state index in [1.807, 2.05) is 11.5 Å². The Hall–Kier alpha value is -2.21. The van der Waals surface area contributed by atoms with Gasteiger partial charge in [0.15, 0.2) is 0 Å². The van der Waals surface area contributed by atoms with Crippen molar-refractivity contribution in [1.82, 2.24) is 4.57 Å². The lowest BCUT2D eigenvalue weighted by Gasteiger charge is -2.13. The molecule has 0 fully saturated rings. The molecule has 2 aromatic rings. The number of aromatic nitrogens is 1. The second-order valence-corrected chi connectivity index (χ2v) is 6.38. The zero-order chi connectivity index (χ0) is 19.5. The van der Waals surface area contributed by atoms with E-state index in [0.29, 0.717) is 13.0 Å². The van der Waals surface area contributed by atoms with Crippen molar-refractivity contribution in [2.75, 3.05) is 6.61 Å². The minimum Gasteiger partial charge on any atom is -0.508 e. The predicted molar refractivity (Wildman–Crippen MR) is 97.2 cm³/mol. The van der Waals surface area contributed by atoms with E-state index in [1.165, 1.54) is 6.08 Å². The zero-order valence-electron chi connectivity index (χ0n) is 15.1. The van der Waals surface area contributed by atoms with Crippen molar-refractivity contribution in [3.05, 3.63) is 53.3 Å². The summed E-state index contributed by atoms with van der Waals surface area (Å²) in [7, 11) is 0. The van der Waals surface area contributed by atoms with Crippen LogP contribution < -0.4 is 0 Å². The highest BCUT2D eigenvalue weighted by molar-refractivity contribution is 5.87. The molecule has 0 aliphatic heterocycles. The van der Waals surface area contributed by atoms with Gasteiger partial charge in [-0.1, -0.05) is 25.2 Å². The first-order valence-electron chi connectivity index (χ1n) is 8.50. The highest BCUT2D eigenvalue weighted by Crippen LogP contribution is 2.31. The van der Waals surface area contributed by atoms with E-state index in [2.05, 4.69) is 0 Å². The zero-order valence-corrected chi connectivity index (χ0v) is 15.1. The third kappa shape index (κ3) is 4.30. The molecule has 2 N–H and O–H groups in total. The molecule has 0 aliphatic carbocycles. The van der Waals surface area contributed by atoms with Crippen LogP contribution in [0.3, 0.4) is 0 Å². The molecular formula is C20H24F3NO2. The number of aliphatic hydroxyl groups excluding tert-OH is 1. The maximum atomic E-state index is 12.7. The molecule has 0 saturated carbocycles. The third-order valence-corrected chi connectivity index (χ3v) is 4.63. The Morgan fingerprint density at radius 1 is 1.31 bits per heavy atom. The van der Waals surface area contributed by atoms with Crippen LogP contribution in [0.15, 0.2) is 42.0 Å². The first-order valence-corrected chi connectivity index (χ1v) is 8.50. The second-order valence-electron chi connectivity index (χ2n) is 6.38. The van der Waals surface area contributed by atoms with Crippen LogP contribution in [0.4, 0.5) is 13.2 Å². The van der Waals surface area contributed by atoms with Crippen molar-refractivity contribution in [3.63, 3.8) is 0 Å². The molecule has 0 amide bonds. The Bertz CT molecular complexity index is 832. The number of rotatable bonds is 6. The van der Waals surface area contributed by atoms with E-state index in [-0.39, 0.29) is 12.4 Å². The van der Waals surface area contributed by atoms with Gasteiger partial charge in [0.1, 0.15) is 5.75 Å². The van der Waals surface area contributed by atoms with Gasteiger partial charge in [-0.05, 0) is 49.6 Å². The Balaban J connectivity index is 2.40. The second kappa shape index (κ2) is 7.99. The number of halogens is 3. The van der Waals surface area contributed by atoms with Crippen LogP contribution in [-0.4, -0.2) is 27.6 Å². The van der Waals surface area contributed by atoms with Crippen LogP contribution in [-0.2, 0) is 13.0 Å². The van der Waals surface area contributed by atoms with E-state index in [9.17, 15) is 23.4 Å². The molecule has 6 heteroatoms. The molecular weight excluding hydrogens is 343 g/mol. The van der Waals surface area contributed by atoms with Crippen LogP contribution in [0.5, 0.6) is 5.75 Å². The largest absolute Gasteiger partial charge is 0.508 e. The van der Waals surface area contributed by atoms with Crippen LogP contribution in [0, 0.1) is 12.8 Å². The fourth-order valence-electron chi connectivity index (χ4n) is 2.97. The number of aliphatic hydroxyl groups is 1. The summed E-state index contributed by atoms with van der Waals surface area (Å²) in [6, 6.07) is 5.02. The van der Waals surface area contributed by atoms with Crippen LogP contribution in [0.2, 0.25) is 0 Å². The first-order chi connectivity index (χ1) is 12.2. The van der Waals surface area contributed by atoms with E-state index < -0.39 is 12.1 Å². The van der Waals surface area contributed by atoms with Crippen molar-refractivity contribution in [2.45, 2.75) is 39.9 Å². The molecule has 1 aromatic carbocycles. The van der Waals surface area contributed by atoms with E-state index in [1.54, 1.807) is 31.2 Å². The third-order valence-electron chi connectivity index (χ3n) is 4.63. The first kappa shape index (κ1) is 20.1. The summed E-state index contributed by atoms with van der Waals surface area (Å²) in [6.45, 7) is 5.23. The van der Waals surface area contributed by atoms with E-state index in [4.69, 9.17) is 0 Å². The molecule has 2 rings (SSSR count). The summed E-state index contributed by atoms with van der Waals surface area (Å²) in [5.41, 5.74) is 3.49. The van der Waals surface area contributed by atoms with Gasteiger partial charge in [0, 0.05) is 29.7 Å². The van der Waals surface area contributed by atoms with Crippen LogP contribution in [0.25, 0.3) is 10.9 Å². The molecule has 26 heavy (non-hydrogen) atoms. The van der Waals surface area contributed by atoms with Gasteiger partial charge in [-0.15, -0.1) is 0 Å². The van der Waals surface area contributed by atoms with Gasteiger partial charge >= 0.3 is 6.18 Å². The van der Waals surface area contributed by atoms with Gasteiger partial charge in [0.25, 0.3) is 0 Å². The number of fused-ring (bicyclic) bond motifs is 1. The SMILES string of the molecule is C/C=C(\C=C/C(C)C(F)(F)F)Cn1c(C)c(CCO)c2cc(O)ccc21. The fourth-order valence-corrected chi connectivity index (χ4v) is 2.97. The van der Waals surface area contributed by atoms with Crippen molar-refractivity contribution in [1.29, 1.82) is 0 Å². The molecule has 0 aliphatic rings. The van der Waals surface area contributed by atoms with Gasteiger partial charge in [0.05, 0.1) is 5.92 Å². The van der Waals surface area contributed by atoms with Crippen molar-refractivity contribution >= 4 is 10.9 Å². The van der Waals surface area contributed by atoms with E-state index in [0.717, 1.165) is 40.7 Å². The van der Waals surface area contributed by atoms with E-state index >= 15 is 0 Å². The number of phenols is 1. The summed E-state index contributed by atoms with van der Waals surface area (Å²) >= 11 is 0. The maximum Gasteiger partial charge on any atom is 0.394 e. The highest BCUT2D eigenvalue weighted by Gasteiger charge is 2.33. The number of benzene rings is 1. The molecule has 1 unspecified atom stereocenters. The average molecular weight is 367 g/mol. The number of nitrogens with zero attached hydrogens (tertiary/aromatic N) is 1. The van der Waals surface area contributed by atoms with Crippen molar-refractivity contribution < 1.29 is 23.4 Å². The Morgan fingerprint density at radius 2 is 2.00 bits per heavy atom. The summed E-state index contributed by atoms with van der Waals surface area (Å²) in [6.07, 6.45) is 0.658. The summed E-state index contributed by atoms with van der Waals surface area (Å²) in [5.74, 6) is -1.37. The standard InChI is InChI=1S/C20H24F3NO2/c1-4-15(6-5-13(2)20(21,22)23)12-24-14(3)17(9-10-25)18-11-16(26)7-8-19(18)24/h4-8,11,13,25-26H,9-10,12H2,1-3H3/b6-5-,15-4+. The number of phenolic OH excluding ortho intramolecular Hbond substituents is 1. The van der Waals surface area contributed by atoms with Gasteiger partial charge in [-0.2, -0.15) is 13.2 Å². The van der Waals surface area contributed by atoms with Crippen molar-refractivity contribution in [3.8, 4) is 5.75 Å². The summed E-state index contributed by atoms with van der Waals surface area (Å²) < 4.78 is 40.1. The molecule has 1 atom stereocenters. The lowest BCUT2D eigenvalue weighted by Crippen LogP contribution is -2.17. The molecule has 0 bridgehead atoms. The number of hydrogen-bond donors (Lipinski definition) is 2. The Labute approximate surface area is 151 Å². The lowest BCUT2D eigenvalue weighted by atomic mass is 10.1. The lowest BCUT2D eigenvalue weighted by molar-refractivity contribution is -0.156. The van der Waals surface area contributed by atoms with Crippen LogP contribution in [0.1, 0.15) is 25.1 Å². The fraction of sp³-hybridized carbons (Fsp3) is 0.400. The molecule has 1 aromatic heterocycles. The minimum absolute atomic E-state index is 0.0188. The quantitative estimate of drug-likeness (QED) is 0.714. The smallest absolute Gasteiger partial charge is 0.394 e. The topological polar surface area (TPSA) is 45.4 Å². The Morgan fingerprint density at radius 3 is 2.58 bits per heavy atom. The molecule has 0 radical (unpaired) electrons. The number of hydrogen-bond acceptors (Lipinski definition) is 2. The predicted octanol–water partition coefficient (Wildman–Crippen LogP) is 4.89. The maximum absolute atomic E-state index is 12.7. The normalized spacial score (nSPS) is 14.5. The van der Waals surface area contributed by atoms with Gasteiger partial charge < -0.3 is 14.8 Å². The van der Waals surface area contributed by atoms with Gasteiger partial charge in [-0.25, -0.2) is 0 Å². The van der Waals surface area contributed by atoms with Gasteiger partial charge in [-0.3, -0.25) is 0 Å². The highest BCUT2D eigenvalue weighted by atomic mass is 19.4. The Kier molecular flexibility index (Phi) is 6.18. The average Bonchev–Trinajstić information content (AvgIpc) is 2.82. The number of alkyl halides is 3. The molecule has 3 nitrogen and oxygen atoms in total. The monoisotopic (exact) mass is 367 g/mol. The minimum atomic E-state index is -4.25. The molecule has 1 heterocycles. The van der Waals surface area contributed by atoms with Gasteiger partial charge in [0.2, 0.25) is 0 Å². The van der Waals surface area contributed by atoms with Crippen molar-refractivity contribution in [2.24, 2.45) is 5.92 Å². The van der Waals surface area contributed by atoms with Crippen LogP contribution >= 0.6 is 0 Å². The summed E-state index contributed by atoms with van der Waals surface area (Å²) in [4.78, 5) is 0. The molecule has 0 spiro atoms.